The predicted octanol–water partition coefficient (Wildman–Crippen LogP) is 1.71. The summed E-state index contributed by atoms with van der Waals surface area (Å²) < 4.78 is 0. The average molecular weight is 261 g/mol. The summed E-state index contributed by atoms with van der Waals surface area (Å²) >= 11 is 1.53. The summed E-state index contributed by atoms with van der Waals surface area (Å²) in [5, 5.41) is 2.86. The SMILES string of the molecule is CSCC(=O)NCCc1ccc(N)cc1.Cl. The first-order valence-corrected chi connectivity index (χ1v) is 6.22. The molecule has 5 heteroatoms. The quantitative estimate of drug-likeness (QED) is 0.793. The van der Waals surface area contributed by atoms with Crippen molar-refractivity contribution in [3.8, 4) is 0 Å². The number of rotatable bonds is 5. The highest BCUT2D eigenvalue weighted by atomic mass is 35.5. The highest BCUT2D eigenvalue weighted by molar-refractivity contribution is 7.99. The lowest BCUT2D eigenvalue weighted by molar-refractivity contribution is -0.118. The van der Waals surface area contributed by atoms with Crippen LogP contribution < -0.4 is 11.1 Å². The smallest absolute Gasteiger partial charge is 0.229 e. The molecule has 0 aliphatic rings. The van der Waals surface area contributed by atoms with Crippen LogP contribution in [0.25, 0.3) is 0 Å². The number of halogens is 1. The number of nitrogens with two attached hydrogens (primary N) is 1. The minimum Gasteiger partial charge on any atom is -0.399 e. The van der Waals surface area contributed by atoms with E-state index >= 15 is 0 Å². The summed E-state index contributed by atoms with van der Waals surface area (Å²) in [4.78, 5) is 11.1. The fourth-order valence-corrected chi connectivity index (χ4v) is 1.58. The number of thioether (sulfide) groups is 1. The highest BCUT2D eigenvalue weighted by Crippen LogP contribution is 2.05. The van der Waals surface area contributed by atoms with Crippen molar-refractivity contribution in [2.75, 3.05) is 24.3 Å². The lowest BCUT2D eigenvalue weighted by atomic mass is 10.1. The van der Waals surface area contributed by atoms with Crippen LogP contribution in [-0.2, 0) is 11.2 Å². The van der Waals surface area contributed by atoms with Crippen molar-refractivity contribution >= 4 is 35.8 Å². The lowest BCUT2D eigenvalue weighted by Crippen LogP contribution is -2.27. The van der Waals surface area contributed by atoms with Crippen LogP contribution in [0, 0.1) is 0 Å². The number of hydrogen-bond acceptors (Lipinski definition) is 3. The standard InChI is InChI=1S/C11H16N2OS.ClH/c1-15-8-11(14)13-7-6-9-2-4-10(12)5-3-9;/h2-5H,6-8,12H2,1H3,(H,13,14);1H. The molecule has 0 saturated carbocycles. The Hall–Kier alpha value is -0.870. The van der Waals surface area contributed by atoms with Gasteiger partial charge in [-0.25, -0.2) is 0 Å². The normalized spacial score (nSPS) is 9.31. The van der Waals surface area contributed by atoms with E-state index in [0.29, 0.717) is 12.3 Å². The summed E-state index contributed by atoms with van der Waals surface area (Å²) in [6, 6.07) is 7.71. The second-order valence-corrected chi connectivity index (χ2v) is 4.14. The molecule has 1 aromatic rings. The molecule has 1 rings (SSSR count). The van der Waals surface area contributed by atoms with E-state index in [2.05, 4.69) is 5.32 Å². The van der Waals surface area contributed by atoms with Crippen LogP contribution in [0.1, 0.15) is 5.56 Å². The van der Waals surface area contributed by atoms with Gasteiger partial charge in [-0.2, -0.15) is 11.8 Å². The fourth-order valence-electron chi connectivity index (χ4n) is 1.21. The van der Waals surface area contributed by atoms with E-state index in [1.165, 1.54) is 17.3 Å². The molecule has 0 bridgehead atoms. The monoisotopic (exact) mass is 260 g/mol. The molecule has 0 spiro atoms. The second-order valence-electron chi connectivity index (χ2n) is 3.27. The maximum atomic E-state index is 11.1. The fraction of sp³-hybridized carbons (Fsp3) is 0.364. The Morgan fingerprint density at radius 2 is 2.00 bits per heavy atom. The summed E-state index contributed by atoms with van der Waals surface area (Å²) in [6.45, 7) is 0.684. The summed E-state index contributed by atoms with van der Waals surface area (Å²) in [5.74, 6) is 0.625. The maximum Gasteiger partial charge on any atom is 0.229 e. The molecule has 0 aliphatic heterocycles. The van der Waals surface area contributed by atoms with Crippen LogP contribution >= 0.6 is 24.2 Å². The third-order valence-electron chi connectivity index (χ3n) is 1.99. The van der Waals surface area contributed by atoms with Gasteiger partial charge in [0.15, 0.2) is 0 Å². The average Bonchev–Trinajstić information content (AvgIpc) is 2.21. The van der Waals surface area contributed by atoms with Crippen LogP contribution in [-0.4, -0.2) is 24.5 Å². The minimum absolute atomic E-state index is 0. The van der Waals surface area contributed by atoms with Crippen LogP contribution in [0.4, 0.5) is 5.69 Å². The Labute approximate surface area is 107 Å². The van der Waals surface area contributed by atoms with Gasteiger partial charge in [-0.05, 0) is 30.4 Å². The Morgan fingerprint density at radius 1 is 1.38 bits per heavy atom. The third kappa shape index (κ3) is 5.88. The van der Waals surface area contributed by atoms with Crippen molar-refractivity contribution in [3.63, 3.8) is 0 Å². The molecule has 3 nitrogen and oxygen atoms in total. The molecule has 1 amide bonds. The van der Waals surface area contributed by atoms with E-state index in [4.69, 9.17) is 5.73 Å². The molecule has 0 aromatic heterocycles. The molecule has 0 atom stereocenters. The Kier molecular flexibility index (Phi) is 7.85. The van der Waals surface area contributed by atoms with Crippen molar-refractivity contribution in [1.29, 1.82) is 0 Å². The largest absolute Gasteiger partial charge is 0.399 e. The number of nitrogens with one attached hydrogen (secondary N) is 1. The molecule has 0 saturated heterocycles. The van der Waals surface area contributed by atoms with Gasteiger partial charge in [0.05, 0.1) is 5.75 Å². The highest BCUT2D eigenvalue weighted by Gasteiger charge is 1.98. The van der Waals surface area contributed by atoms with Gasteiger partial charge in [-0.1, -0.05) is 12.1 Å². The van der Waals surface area contributed by atoms with Gasteiger partial charge in [0.25, 0.3) is 0 Å². The van der Waals surface area contributed by atoms with E-state index in [0.717, 1.165) is 12.1 Å². The summed E-state index contributed by atoms with van der Waals surface area (Å²) in [5.41, 5.74) is 7.53. The molecule has 90 valence electrons. The van der Waals surface area contributed by atoms with Gasteiger partial charge in [-0.15, -0.1) is 12.4 Å². The van der Waals surface area contributed by atoms with Crippen molar-refractivity contribution in [1.82, 2.24) is 5.32 Å². The van der Waals surface area contributed by atoms with E-state index in [-0.39, 0.29) is 18.3 Å². The molecule has 0 fully saturated rings. The van der Waals surface area contributed by atoms with Crippen LogP contribution in [0.2, 0.25) is 0 Å². The number of hydrogen-bond donors (Lipinski definition) is 2. The van der Waals surface area contributed by atoms with E-state index in [9.17, 15) is 4.79 Å². The zero-order valence-corrected chi connectivity index (χ0v) is 10.9. The molecule has 0 aliphatic carbocycles. The molecule has 0 radical (unpaired) electrons. The van der Waals surface area contributed by atoms with Crippen LogP contribution in [0.3, 0.4) is 0 Å². The predicted molar refractivity (Wildman–Crippen MR) is 73.2 cm³/mol. The first-order chi connectivity index (χ1) is 7.22. The Bertz CT molecular complexity index is 316. The Balaban J connectivity index is 0.00000225. The lowest BCUT2D eigenvalue weighted by Gasteiger charge is -2.04. The van der Waals surface area contributed by atoms with E-state index in [1.54, 1.807) is 0 Å². The molecule has 1 aromatic carbocycles. The summed E-state index contributed by atoms with van der Waals surface area (Å²) in [6.07, 6.45) is 2.76. The second kappa shape index (κ2) is 8.30. The first kappa shape index (κ1) is 15.1. The molecule has 3 N–H and O–H groups in total. The van der Waals surface area contributed by atoms with Gasteiger partial charge in [0, 0.05) is 12.2 Å². The van der Waals surface area contributed by atoms with Crippen molar-refractivity contribution in [2.45, 2.75) is 6.42 Å². The first-order valence-electron chi connectivity index (χ1n) is 4.82. The number of amides is 1. The van der Waals surface area contributed by atoms with Crippen molar-refractivity contribution in [2.24, 2.45) is 0 Å². The molecule has 0 heterocycles. The molecule has 16 heavy (non-hydrogen) atoms. The number of anilines is 1. The van der Waals surface area contributed by atoms with Gasteiger partial charge in [0.2, 0.25) is 5.91 Å². The Morgan fingerprint density at radius 3 is 2.56 bits per heavy atom. The van der Waals surface area contributed by atoms with Gasteiger partial charge < -0.3 is 11.1 Å². The van der Waals surface area contributed by atoms with Gasteiger partial charge in [0.1, 0.15) is 0 Å². The number of carbonyl (C=O) groups is 1. The zero-order valence-electron chi connectivity index (χ0n) is 9.23. The van der Waals surface area contributed by atoms with Crippen LogP contribution in [0.5, 0.6) is 0 Å². The zero-order chi connectivity index (χ0) is 11.1. The minimum atomic E-state index is 0. The third-order valence-corrected chi connectivity index (χ3v) is 2.54. The van der Waals surface area contributed by atoms with E-state index in [1.807, 2.05) is 30.5 Å². The number of carbonyl (C=O) groups excluding carboxylic acids is 1. The van der Waals surface area contributed by atoms with Gasteiger partial charge >= 0.3 is 0 Å². The van der Waals surface area contributed by atoms with Crippen molar-refractivity contribution in [3.05, 3.63) is 29.8 Å². The number of benzene rings is 1. The summed E-state index contributed by atoms with van der Waals surface area (Å²) in [7, 11) is 0. The van der Waals surface area contributed by atoms with E-state index < -0.39 is 0 Å². The van der Waals surface area contributed by atoms with Crippen molar-refractivity contribution < 1.29 is 4.79 Å². The molecular formula is C11H17ClN2OS. The van der Waals surface area contributed by atoms with Crippen LogP contribution in [0.15, 0.2) is 24.3 Å². The molecule has 0 unspecified atom stereocenters. The van der Waals surface area contributed by atoms with Gasteiger partial charge in [-0.3, -0.25) is 4.79 Å². The number of nitrogen functional groups attached to an aromatic ring is 1. The molecular weight excluding hydrogens is 244 g/mol. The topological polar surface area (TPSA) is 55.1 Å². The maximum absolute atomic E-state index is 11.1.